The second-order valence-electron chi connectivity index (χ2n) is 5.01. The van der Waals surface area contributed by atoms with Crippen molar-refractivity contribution in [2.75, 3.05) is 24.7 Å². The van der Waals surface area contributed by atoms with E-state index in [9.17, 15) is 4.79 Å². The minimum Gasteiger partial charge on any atom is -0.456 e. The van der Waals surface area contributed by atoms with E-state index in [1.807, 2.05) is 44.1 Å². The Morgan fingerprint density at radius 3 is 2.67 bits per heavy atom. The fourth-order valence-electron chi connectivity index (χ4n) is 1.99. The van der Waals surface area contributed by atoms with Gasteiger partial charge in [-0.3, -0.25) is 4.98 Å². The van der Waals surface area contributed by atoms with Gasteiger partial charge in [-0.2, -0.15) is 0 Å². The minimum atomic E-state index is -0.407. The number of aryl methyl sites for hydroxylation is 1. The number of carbonyl (C=O) groups is 1. The first-order chi connectivity index (χ1) is 9.97. The largest absolute Gasteiger partial charge is 0.456 e. The van der Waals surface area contributed by atoms with Crippen LogP contribution in [0.5, 0.6) is 0 Å². The van der Waals surface area contributed by atoms with E-state index in [4.69, 9.17) is 10.5 Å². The van der Waals surface area contributed by atoms with Gasteiger partial charge in [-0.25, -0.2) is 4.79 Å². The Kier molecular flexibility index (Phi) is 4.42. The van der Waals surface area contributed by atoms with E-state index >= 15 is 0 Å². The lowest BCUT2D eigenvalue weighted by atomic mass is 10.1. The number of benzene rings is 1. The molecule has 0 aliphatic rings. The molecule has 0 aliphatic heterocycles. The fourth-order valence-corrected chi connectivity index (χ4v) is 1.99. The van der Waals surface area contributed by atoms with Crippen molar-refractivity contribution >= 4 is 17.3 Å². The maximum atomic E-state index is 12.0. The van der Waals surface area contributed by atoms with E-state index in [0.29, 0.717) is 11.3 Å². The average molecular weight is 285 g/mol. The molecule has 0 bridgehead atoms. The van der Waals surface area contributed by atoms with Crippen LogP contribution in [0.25, 0.3) is 0 Å². The summed E-state index contributed by atoms with van der Waals surface area (Å²) in [5.41, 5.74) is 9.39. The lowest BCUT2D eigenvalue weighted by Gasteiger charge is -2.15. The van der Waals surface area contributed by atoms with Gasteiger partial charge in [0.2, 0.25) is 0 Å². The third-order valence-electron chi connectivity index (χ3n) is 3.04. The zero-order chi connectivity index (χ0) is 15.4. The molecule has 21 heavy (non-hydrogen) atoms. The summed E-state index contributed by atoms with van der Waals surface area (Å²) in [6.07, 6.45) is 0. The highest BCUT2D eigenvalue weighted by atomic mass is 16.5. The molecule has 0 saturated carbocycles. The number of nitrogens with two attached hydrogens (primary N) is 1. The zero-order valence-corrected chi connectivity index (χ0v) is 12.5. The van der Waals surface area contributed by atoms with Crippen LogP contribution in [0.3, 0.4) is 0 Å². The molecule has 1 aromatic carbocycles. The molecule has 0 atom stereocenters. The molecular weight excluding hydrogens is 266 g/mol. The Balaban J connectivity index is 2.05. The Labute approximate surface area is 124 Å². The average Bonchev–Trinajstić information content (AvgIpc) is 2.44. The summed E-state index contributed by atoms with van der Waals surface area (Å²) in [6.45, 7) is 2.04. The maximum Gasteiger partial charge on any atom is 0.338 e. The van der Waals surface area contributed by atoms with Crippen LogP contribution in [0.2, 0.25) is 0 Å². The molecule has 2 aromatic rings. The van der Waals surface area contributed by atoms with Crippen molar-refractivity contribution in [1.29, 1.82) is 0 Å². The summed E-state index contributed by atoms with van der Waals surface area (Å²) < 4.78 is 5.25. The van der Waals surface area contributed by atoms with Crippen LogP contribution in [0.4, 0.5) is 11.4 Å². The van der Waals surface area contributed by atoms with Gasteiger partial charge >= 0.3 is 5.97 Å². The molecular formula is C16H19N3O2. The van der Waals surface area contributed by atoms with Crippen molar-refractivity contribution < 1.29 is 9.53 Å². The van der Waals surface area contributed by atoms with Gasteiger partial charge < -0.3 is 15.4 Å². The van der Waals surface area contributed by atoms with Gasteiger partial charge in [0, 0.05) is 19.8 Å². The molecule has 0 saturated heterocycles. The molecule has 2 rings (SSSR count). The number of nitrogens with zero attached hydrogens (tertiary/aromatic N) is 2. The topological polar surface area (TPSA) is 68.5 Å². The standard InChI is InChI=1S/C16H19N3O2/c1-11-5-4-6-13(18-11)10-21-16(20)12-7-8-15(19(2)3)14(17)9-12/h4-9H,10,17H2,1-3H3. The van der Waals surface area contributed by atoms with Crippen molar-refractivity contribution in [3.63, 3.8) is 0 Å². The number of hydrogen-bond donors (Lipinski definition) is 1. The van der Waals surface area contributed by atoms with E-state index < -0.39 is 5.97 Å². The van der Waals surface area contributed by atoms with Gasteiger partial charge in [0.1, 0.15) is 6.61 Å². The molecule has 0 aliphatic carbocycles. The summed E-state index contributed by atoms with van der Waals surface area (Å²) in [5, 5.41) is 0. The number of carbonyl (C=O) groups excluding carboxylic acids is 1. The Morgan fingerprint density at radius 2 is 2.05 bits per heavy atom. The van der Waals surface area contributed by atoms with Gasteiger partial charge in [-0.1, -0.05) is 6.07 Å². The molecule has 0 unspecified atom stereocenters. The summed E-state index contributed by atoms with van der Waals surface area (Å²) in [7, 11) is 3.79. The van der Waals surface area contributed by atoms with Gasteiger partial charge in [-0.05, 0) is 37.3 Å². The maximum absolute atomic E-state index is 12.0. The van der Waals surface area contributed by atoms with E-state index in [0.717, 1.165) is 17.1 Å². The second-order valence-corrected chi connectivity index (χ2v) is 5.01. The van der Waals surface area contributed by atoms with Crippen LogP contribution in [-0.2, 0) is 11.3 Å². The highest BCUT2D eigenvalue weighted by Crippen LogP contribution is 2.22. The highest BCUT2D eigenvalue weighted by molar-refractivity contribution is 5.92. The number of ether oxygens (including phenoxy) is 1. The lowest BCUT2D eigenvalue weighted by molar-refractivity contribution is 0.0467. The fraction of sp³-hybridized carbons (Fsp3) is 0.250. The summed E-state index contributed by atoms with van der Waals surface area (Å²) in [6, 6.07) is 10.7. The Morgan fingerprint density at radius 1 is 1.29 bits per heavy atom. The predicted molar refractivity (Wildman–Crippen MR) is 83.3 cm³/mol. The quantitative estimate of drug-likeness (QED) is 0.690. The van der Waals surface area contributed by atoms with Gasteiger partial charge in [0.15, 0.2) is 0 Å². The van der Waals surface area contributed by atoms with Gasteiger partial charge in [0.25, 0.3) is 0 Å². The Bertz CT molecular complexity index is 654. The van der Waals surface area contributed by atoms with E-state index in [-0.39, 0.29) is 6.61 Å². The minimum absolute atomic E-state index is 0.149. The van der Waals surface area contributed by atoms with Crippen molar-refractivity contribution in [3.05, 3.63) is 53.3 Å². The molecule has 1 heterocycles. The molecule has 1 aromatic heterocycles. The first-order valence-corrected chi connectivity index (χ1v) is 6.64. The zero-order valence-electron chi connectivity index (χ0n) is 12.5. The summed E-state index contributed by atoms with van der Waals surface area (Å²) in [5.74, 6) is -0.407. The lowest BCUT2D eigenvalue weighted by Crippen LogP contribution is -2.12. The monoisotopic (exact) mass is 285 g/mol. The molecule has 0 fully saturated rings. The van der Waals surface area contributed by atoms with Gasteiger partial charge in [-0.15, -0.1) is 0 Å². The van der Waals surface area contributed by atoms with E-state index in [1.54, 1.807) is 18.2 Å². The number of anilines is 2. The molecule has 5 nitrogen and oxygen atoms in total. The summed E-state index contributed by atoms with van der Waals surface area (Å²) in [4.78, 5) is 18.2. The number of pyridine rings is 1. The number of hydrogen-bond acceptors (Lipinski definition) is 5. The molecule has 5 heteroatoms. The second kappa shape index (κ2) is 6.26. The molecule has 0 radical (unpaired) electrons. The SMILES string of the molecule is Cc1cccc(COC(=O)c2ccc(N(C)C)c(N)c2)n1. The smallest absolute Gasteiger partial charge is 0.338 e. The van der Waals surface area contributed by atoms with E-state index in [2.05, 4.69) is 4.98 Å². The summed E-state index contributed by atoms with van der Waals surface area (Å²) >= 11 is 0. The van der Waals surface area contributed by atoms with E-state index in [1.165, 1.54) is 0 Å². The number of nitrogen functional groups attached to an aromatic ring is 1. The molecule has 2 N–H and O–H groups in total. The van der Waals surface area contributed by atoms with Crippen molar-refractivity contribution in [2.45, 2.75) is 13.5 Å². The van der Waals surface area contributed by atoms with Crippen LogP contribution in [0.1, 0.15) is 21.7 Å². The molecule has 0 spiro atoms. The predicted octanol–water partition coefficient (Wildman–Crippen LogP) is 2.40. The van der Waals surface area contributed by atoms with Crippen LogP contribution < -0.4 is 10.6 Å². The van der Waals surface area contributed by atoms with Gasteiger partial charge in [0.05, 0.1) is 22.6 Å². The van der Waals surface area contributed by atoms with Crippen LogP contribution in [-0.4, -0.2) is 25.0 Å². The van der Waals surface area contributed by atoms with Crippen LogP contribution >= 0.6 is 0 Å². The number of rotatable bonds is 4. The highest BCUT2D eigenvalue weighted by Gasteiger charge is 2.11. The third kappa shape index (κ3) is 3.72. The first kappa shape index (κ1) is 14.8. The normalized spacial score (nSPS) is 10.2. The number of aromatic nitrogens is 1. The van der Waals surface area contributed by atoms with Crippen molar-refractivity contribution in [2.24, 2.45) is 0 Å². The first-order valence-electron chi connectivity index (χ1n) is 6.64. The Hall–Kier alpha value is -2.56. The number of esters is 1. The third-order valence-corrected chi connectivity index (χ3v) is 3.04. The van der Waals surface area contributed by atoms with Crippen LogP contribution in [0.15, 0.2) is 36.4 Å². The van der Waals surface area contributed by atoms with Crippen LogP contribution in [0, 0.1) is 6.92 Å². The van der Waals surface area contributed by atoms with Crippen molar-refractivity contribution in [1.82, 2.24) is 4.98 Å². The van der Waals surface area contributed by atoms with Crippen molar-refractivity contribution in [3.8, 4) is 0 Å². The molecule has 110 valence electrons. The molecule has 0 amide bonds.